The molecule has 0 spiro atoms. The highest BCUT2D eigenvalue weighted by atomic mass is 32.2. The molecule has 0 aromatic heterocycles. The van der Waals surface area contributed by atoms with Gasteiger partial charge < -0.3 is 14.9 Å². The third-order valence-electron chi connectivity index (χ3n) is 3.03. The quantitative estimate of drug-likeness (QED) is 0.687. The number of thioether (sulfide) groups is 1. The zero-order valence-electron chi connectivity index (χ0n) is 9.61. The number of carbonyl (C=O) groups is 2. The van der Waals surface area contributed by atoms with E-state index in [0.29, 0.717) is 11.6 Å². The van der Waals surface area contributed by atoms with Crippen LogP contribution in [-0.4, -0.2) is 77.6 Å². The van der Waals surface area contributed by atoms with Crippen molar-refractivity contribution in [2.75, 3.05) is 36.2 Å². The predicted octanol–water partition coefficient (Wildman–Crippen LogP) is -0.704. The van der Waals surface area contributed by atoms with Crippen molar-refractivity contribution in [2.24, 2.45) is 0 Å². The Morgan fingerprint density at radius 2 is 1.83 bits per heavy atom. The summed E-state index contributed by atoms with van der Waals surface area (Å²) in [5.74, 6) is -0.376. The molecule has 102 valence electrons. The largest absolute Gasteiger partial charge is 0.480 e. The number of hydrogen-bond donors (Lipinski definition) is 1. The summed E-state index contributed by atoms with van der Waals surface area (Å²) < 4.78 is 22.5. The third-order valence-corrected chi connectivity index (χ3v) is 5.65. The van der Waals surface area contributed by atoms with Crippen molar-refractivity contribution >= 4 is 33.6 Å². The van der Waals surface area contributed by atoms with Gasteiger partial charge in [0.15, 0.2) is 9.84 Å². The van der Waals surface area contributed by atoms with E-state index in [1.807, 2.05) is 0 Å². The Balaban J connectivity index is 2.02. The van der Waals surface area contributed by atoms with Gasteiger partial charge in [0.25, 0.3) is 0 Å². The van der Waals surface area contributed by atoms with Crippen molar-refractivity contribution in [3.8, 4) is 0 Å². The lowest BCUT2D eigenvalue weighted by Gasteiger charge is -2.32. The molecule has 0 aromatic carbocycles. The van der Waals surface area contributed by atoms with Gasteiger partial charge in [0.1, 0.15) is 6.04 Å². The van der Waals surface area contributed by atoms with Crippen molar-refractivity contribution in [2.45, 2.75) is 6.04 Å². The second kappa shape index (κ2) is 4.96. The topological polar surface area (TPSA) is 95.0 Å². The predicted molar refractivity (Wildman–Crippen MR) is 66.2 cm³/mol. The minimum Gasteiger partial charge on any atom is -0.480 e. The van der Waals surface area contributed by atoms with Crippen molar-refractivity contribution in [1.29, 1.82) is 0 Å². The lowest BCUT2D eigenvalue weighted by atomic mass is 10.3. The Bertz CT molecular complexity index is 450. The zero-order chi connectivity index (χ0) is 13.3. The van der Waals surface area contributed by atoms with Gasteiger partial charge >= 0.3 is 12.0 Å². The summed E-state index contributed by atoms with van der Waals surface area (Å²) in [5.41, 5.74) is 0. The van der Waals surface area contributed by atoms with Gasteiger partial charge in [-0.1, -0.05) is 0 Å². The molecular formula is C9H14N2O5S2. The van der Waals surface area contributed by atoms with Gasteiger partial charge in [-0.15, -0.1) is 11.8 Å². The van der Waals surface area contributed by atoms with E-state index in [1.165, 1.54) is 21.6 Å². The minimum absolute atomic E-state index is 0.0442. The van der Waals surface area contributed by atoms with E-state index >= 15 is 0 Å². The van der Waals surface area contributed by atoms with Gasteiger partial charge in [0.2, 0.25) is 0 Å². The number of rotatable bonds is 1. The second-order valence-corrected chi connectivity index (χ2v) is 7.55. The number of nitrogens with zero attached hydrogens (tertiary/aromatic N) is 2. The molecule has 7 nitrogen and oxygen atoms in total. The van der Waals surface area contributed by atoms with E-state index in [2.05, 4.69) is 0 Å². The zero-order valence-corrected chi connectivity index (χ0v) is 11.2. The van der Waals surface area contributed by atoms with E-state index in [1.54, 1.807) is 0 Å². The maximum atomic E-state index is 12.1. The fourth-order valence-electron chi connectivity index (χ4n) is 1.92. The first-order valence-corrected chi connectivity index (χ1v) is 8.45. The van der Waals surface area contributed by atoms with Crippen LogP contribution in [0, 0.1) is 0 Å². The van der Waals surface area contributed by atoms with Crippen LogP contribution in [0.3, 0.4) is 0 Å². The van der Waals surface area contributed by atoms with Gasteiger partial charge in [0, 0.05) is 18.8 Å². The molecule has 2 heterocycles. The number of carboxylic acids is 1. The fourth-order valence-corrected chi connectivity index (χ4v) is 4.26. The van der Waals surface area contributed by atoms with Crippen molar-refractivity contribution in [1.82, 2.24) is 9.80 Å². The monoisotopic (exact) mass is 294 g/mol. The molecule has 0 saturated carbocycles. The molecule has 2 aliphatic rings. The summed E-state index contributed by atoms with van der Waals surface area (Å²) in [6.45, 7) is 0.295. The van der Waals surface area contributed by atoms with Gasteiger partial charge in [0.05, 0.1) is 17.4 Å². The lowest BCUT2D eigenvalue weighted by Crippen LogP contribution is -2.52. The van der Waals surface area contributed by atoms with Crippen molar-refractivity contribution < 1.29 is 23.1 Å². The van der Waals surface area contributed by atoms with Crippen molar-refractivity contribution in [3.63, 3.8) is 0 Å². The number of sulfone groups is 1. The Morgan fingerprint density at radius 1 is 1.22 bits per heavy atom. The summed E-state index contributed by atoms with van der Waals surface area (Å²) in [4.78, 5) is 25.8. The van der Waals surface area contributed by atoms with Crippen LogP contribution in [0.2, 0.25) is 0 Å². The summed E-state index contributed by atoms with van der Waals surface area (Å²) in [6, 6.07) is -1.18. The molecular weight excluding hydrogens is 280 g/mol. The van der Waals surface area contributed by atoms with Crippen LogP contribution in [0.1, 0.15) is 0 Å². The Labute approximate surface area is 109 Å². The lowest BCUT2D eigenvalue weighted by molar-refractivity contribution is -0.140. The summed E-state index contributed by atoms with van der Waals surface area (Å²) >= 11 is 1.39. The molecule has 2 rings (SSSR count). The summed E-state index contributed by atoms with van der Waals surface area (Å²) in [7, 11) is -3.04. The van der Waals surface area contributed by atoms with Crippen LogP contribution < -0.4 is 0 Å². The van der Waals surface area contributed by atoms with E-state index < -0.39 is 21.8 Å². The highest BCUT2D eigenvalue weighted by Gasteiger charge is 2.38. The number of aliphatic carboxylic acids is 1. The first-order valence-electron chi connectivity index (χ1n) is 5.47. The number of carbonyl (C=O) groups excluding carboxylic acids is 1. The molecule has 1 N–H and O–H groups in total. The average molecular weight is 294 g/mol. The number of amides is 2. The van der Waals surface area contributed by atoms with Crippen LogP contribution in [0.15, 0.2) is 0 Å². The van der Waals surface area contributed by atoms with E-state index in [-0.39, 0.29) is 30.6 Å². The molecule has 2 saturated heterocycles. The molecule has 9 heteroatoms. The molecule has 0 aliphatic carbocycles. The maximum Gasteiger partial charge on any atom is 0.327 e. The molecule has 0 radical (unpaired) electrons. The first kappa shape index (κ1) is 13.5. The summed E-state index contributed by atoms with van der Waals surface area (Å²) in [5, 5.41) is 8.99. The van der Waals surface area contributed by atoms with Crippen LogP contribution in [0.4, 0.5) is 4.79 Å². The van der Waals surface area contributed by atoms with Crippen molar-refractivity contribution in [3.05, 3.63) is 0 Å². The smallest absolute Gasteiger partial charge is 0.327 e. The van der Waals surface area contributed by atoms with E-state index in [0.717, 1.165) is 0 Å². The van der Waals surface area contributed by atoms with Gasteiger partial charge in [-0.25, -0.2) is 18.0 Å². The molecule has 1 atom stereocenters. The fraction of sp³-hybridized carbons (Fsp3) is 0.778. The van der Waals surface area contributed by atoms with Crippen LogP contribution in [0.5, 0.6) is 0 Å². The molecule has 18 heavy (non-hydrogen) atoms. The number of urea groups is 1. The second-order valence-electron chi connectivity index (χ2n) is 4.25. The van der Waals surface area contributed by atoms with Crippen LogP contribution in [-0.2, 0) is 14.6 Å². The Kier molecular flexibility index (Phi) is 3.71. The van der Waals surface area contributed by atoms with Gasteiger partial charge in [-0.3, -0.25) is 0 Å². The molecule has 1 unspecified atom stereocenters. The molecule has 2 amide bonds. The Hall–Kier alpha value is -0.960. The number of carboxylic acid groups (broad SMARTS) is 1. The summed E-state index contributed by atoms with van der Waals surface area (Å²) in [6.07, 6.45) is 0. The Morgan fingerprint density at radius 3 is 2.39 bits per heavy atom. The number of hydrogen-bond acceptors (Lipinski definition) is 5. The molecule has 2 aliphatic heterocycles. The first-order chi connectivity index (χ1) is 8.41. The maximum absolute atomic E-state index is 12.1. The van der Waals surface area contributed by atoms with E-state index in [4.69, 9.17) is 5.11 Å². The van der Waals surface area contributed by atoms with Gasteiger partial charge in [-0.05, 0) is 0 Å². The van der Waals surface area contributed by atoms with Crippen LogP contribution >= 0.6 is 11.8 Å². The SMILES string of the molecule is O=C(O)C1CSCN1C(=O)N1CCS(=O)(=O)CC1. The molecule has 0 aromatic rings. The average Bonchev–Trinajstić information content (AvgIpc) is 2.77. The third kappa shape index (κ3) is 2.72. The van der Waals surface area contributed by atoms with Crippen LogP contribution in [0.25, 0.3) is 0 Å². The molecule has 0 bridgehead atoms. The standard InChI is InChI=1S/C9H14N2O5S2/c12-8(13)7-5-17-6-11(7)9(14)10-1-3-18(15,16)4-2-10/h7H,1-6H2,(H,12,13). The highest BCUT2D eigenvalue weighted by molar-refractivity contribution is 7.99. The minimum atomic E-state index is -3.04. The van der Waals surface area contributed by atoms with Gasteiger partial charge in [-0.2, -0.15) is 0 Å². The highest BCUT2D eigenvalue weighted by Crippen LogP contribution is 2.23. The normalized spacial score (nSPS) is 27.2. The van der Waals surface area contributed by atoms with E-state index in [9.17, 15) is 18.0 Å². The molecule has 2 fully saturated rings.